The fourth-order valence-electron chi connectivity index (χ4n) is 6.31. The first-order valence-electron chi connectivity index (χ1n) is 22.1. The molecule has 0 aliphatic carbocycles. The molecule has 8 aromatic carbocycles. The van der Waals surface area contributed by atoms with Gasteiger partial charge in [0.15, 0.2) is 0 Å². The summed E-state index contributed by atoms with van der Waals surface area (Å²) in [7, 11) is -1.72. The molecule has 2 N–H and O–H groups in total. The first-order chi connectivity index (χ1) is 31.5. The van der Waals surface area contributed by atoms with Crippen LogP contribution in [0.5, 0.6) is 0 Å². The molecular weight excluding hydrogens is 891 g/mol. The molecule has 56 heavy (non-hydrogen) atoms. The van der Waals surface area contributed by atoms with E-state index in [1.807, 2.05) is 78.9 Å². The molecule has 0 bridgehead atoms. The summed E-state index contributed by atoms with van der Waals surface area (Å²) in [5.74, 6) is 0. The van der Waals surface area contributed by atoms with Crippen LogP contribution >= 0.6 is 47.8 Å². The van der Waals surface area contributed by atoms with Gasteiger partial charge in [-0.25, -0.2) is 0 Å². The first kappa shape index (κ1) is 27.4. The Morgan fingerprint density at radius 1 is 0.393 bits per heavy atom. The lowest BCUT2D eigenvalue weighted by molar-refractivity contribution is 0.425. The molecule has 10 aromatic rings. The number of benzene rings is 8. The van der Waals surface area contributed by atoms with Crippen molar-refractivity contribution >= 4 is 104 Å². The number of halogens is 3. The highest BCUT2D eigenvalue weighted by Crippen LogP contribution is 2.40. The SMILES string of the molecule is Brc1ccc(Br)cc1.[2H]c1c([2H])c([2H])c(-c2cccc3c2oc2c(-c4ccc(Br)cc4)cccc23)c([2H])c1[2H].[2H]c1c([2H])c([2H])c(-c2cccc3c2oc2c(B(O)O)cccc23)c([2H])c1[2H]. The van der Waals surface area contributed by atoms with E-state index in [1.165, 1.54) is 6.07 Å². The standard InChI is InChI=1S/C24H15BrO.C18H13BO3.C6H4Br2/c25-18-14-12-17(13-15-18)20-9-5-11-22-21-10-4-8-19(23(21)26-24(20)22)16-6-2-1-3-7-16;20-19(21)16-11-5-10-15-14-9-4-8-13(17(14)22-18(15)16)12-6-2-1-3-7-12;7-5-1-2-6(8)4-3-5/h1-15H;1-11,20-21H;1-4H/i2*1D,2D,3D,6D,7D;. The molecule has 0 unspecified atom stereocenters. The van der Waals surface area contributed by atoms with Crippen molar-refractivity contribution in [1.82, 2.24) is 0 Å². The summed E-state index contributed by atoms with van der Waals surface area (Å²) in [5.41, 5.74) is 4.91. The maximum Gasteiger partial charge on any atom is 0.492 e. The van der Waals surface area contributed by atoms with E-state index in [4.69, 9.17) is 22.5 Å². The van der Waals surface area contributed by atoms with Crippen molar-refractivity contribution in [3.05, 3.63) is 195 Å². The number of fused-ring (bicyclic) bond motifs is 6. The van der Waals surface area contributed by atoms with Gasteiger partial charge in [0.2, 0.25) is 0 Å². The van der Waals surface area contributed by atoms with Crippen molar-refractivity contribution in [2.24, 2.45) is 0 Å². The second-order valence-electron chi connectivity index (χ2n) is 12.3. The van der Waals surface area contributed by atoms with E-state index in [9.17, 15) is 10.0 Å². The van der Waals surface area contributed by atoms with Crippen LogP contribution in [0.2, 0.25) is 0 Å². The van der Waals surface area contributed by atoms with Crippen molar-refractivity contribution in [3.8, 4) is 33.4 Å². The topological polar surface area (TPSA) is 66.7 Å². The van der Waals surface area contributed by atoms with Gasteiger partial charge in [-0.15, -0.1) is 0 Å². The molecular formula is C48H32BBr3O4. The Morgan fingerprint density at radius 2 is 0.732 bits per heavy atom. The number of hydrogen-bond acceptors (Lipinski definition) is 4. The third kappa shape index (κ3) is 7.89. The third-order valence-electron chi connectivity index (χ3n) is 8.85. The first-order valence-corrected chi connectivity index (χ1v) is 19.4. The zero-order chi connectivity index (χ0) is 47.3. The minimum absolute atomic E-state index is 0.0387. The Bertz CT molecular complexity index is 3430. The molecule has 0 fully saturated rings. The van der Waals surface area contributed by atoms with Gasteiger partial charge in [0.25, 0.3) is 0 Å². The van der Waals surface area contributed by atoms with Crippen LogP contribution in [0.15, 0.2) is 204 Å². The highest BCUT2D eigenvalue weighted by Gasteiger charge is 2.20. The average Bonchev–Trinajstić information content (AvgIpc) is 3.90. The van der Waals surface area contributed by atoms with Gasteiger partial charge in [0.05, 0.1) is 13.7 Å². The van der Waals surface area contributed by atoms with E-state index < -0.39 is 31.3 Å². The molecule has 2 aromatic heterocycles. The molecule has 0 spiro atoms. The minimum atomic E-state index is -1.72. The number of furan rings is 2. The van der Waals surface area contributed by atoms with Crippen LogP contribution in [0.4, 0.5) is 0 Å². The van der Waals surface area contributed by atoms with Crippen LogP contribution < -0.4 is 5.46 Å². The summed E-state index contributed by atoms with van der Waals surface area (Å²) < 4.78 is 96.0. The normalized spacial score (nSPS) is 13.4. The fraction of sp³-hybridized carbons (Fsp3) is 0. The molecule has 0 amide bonds. The predicted octanol–water partition coefficient (Wildman–Crippen LogP) is 13.8. The van der Waals surface area contributed by atoms with E-state index in [0.717, 1.165) is 35.3 Å². The van der Waals surface area contributed by atoms with Gasteiger partial charge in [-0.1, -0.05) is 193 Å². The lowest BCUT2D eigenvalue weighted by atomic mass is 9.79. The van der Waals surface area contributed by atoms with Gasteiger partial charge < -0.3 is 18.9 Å². The van der Waals surface area contributed by atoms with Crippen molar-refractivity contribution in [2.75, 3.05) is 0 Å². The smallest absolute Gasteiger partial charge is 0.456 e. The Kier molecular flexibility index (Phi) is 8.26. The summed E-state index contributed by atoms with van der Waals surface area (Å²) in [6, 6.07) is 33.8. The average molecular weight is 933 g/mol. The molecule has 2 heterocycles. The number of rotatable bonds is 4. The van der Waals surface area contributed by atoms with Gasteiger partial charge in [-0.3, -0.25) is 0 Å². The molecule has 0 saturated heterocycles. The van der Waals surface area contributed by atoms with Crippen molar-refractivity contribution in [3.63, 3.8) is 0 Å². The number of para-hydroxylation sites is 4. The fourth-order valence-corrected chi connectivity index (χ4v) is 7.11. The van der Waals surface area contributed by atoms with Crippen molar-refractivity contribution < 1.29 is 32.6 Å². The summed E-state index contributed by atoms with van der Waals surface area (Å²) in [6.45, 7) is 0. The van der Waals surface area contributed by atoms with E-state index in [1.54, 1.807) is 36.4 Å². The summed E-state index contributed by atoms with van der Waals surface area (Å²) in [5, 5.41) is 22.2. The lowest BCUT2D eigenvalue weighted by Gasteiger charge is -2.03. The predicted molar refractivity (Wildman–Crippen MR) is 243 cm³/mol. The van der Waals surface area contributed by atoms with E-state index in [0.29, 0.717) is 38.6 Å². The quantitative estimate of drug-likeness (QED) is 0.173. The van der Waals surface area contributed by atoms with Gasteiger partial charge in [-0.05, 0) is 53.1 Å². The van der Waals surface area contributed by atoms with E-state index in [-0.39, 0.29) is 58.4 Å². The Balaban J connectivity index is 0.000000155. The second kappa shape index (κ2) is 16.9. The van der Waals surface area contributed by atoms with Crippen LogP contribution in [0, 0.1) is 0 Å². The monoisotopic (exact) mass is 930 g/mol. The molecule has 0 aliphatic heterocycles. The highest BCUT2D eigenvalue weighted by molar-refractivity contribution is 9.11. The maximum atomic E-state index is 9.59. The molecule has 0 saturated carbocycles. The van der Waals surface area contributed by atoms with Gasteiger partial charge in [0.1, 0.15) is 22.3 Å². The van der Waals surface area contributed by atoms with Crippen LogP contribution in [0.1, 0.15) is 13.7 Å². The molecule has 8 heteroatoms. The highest BCUT2D eigenvalue weighted by atomic mass is 79.9. The zero-order valence-electron chi connectivity index (χ0n) is 39.0. The summed E-state index contributed by atoms with van der Waals surface area (Å²) in [6.07, 6.45) is 0. The summed E-state index contributed by atoms with van der Waals surface area (Å²) in [4.78, 5) is 0. The molecule has 272 valence electrons. The van der Waals surface area contributed by atoms with Crippen LogP contribution in [0.25, 0.3) is 77.3 Å². The van der Waals surface area contributed by atoms with E-state index in [2.05, 4.69) is 47.8 Å². The van der Waals surface area contributed by atoms with Gasteiger partial charge in [-0.2, -0.15) is 0 Å². The van der Waals surface area contributed by atoms with Gasteiger partial charge >= 0.3 is 7.12 Å². The molecule has 10 rings (SSSR count). The minimum Gasteiger partial charge on any atom is -0.456 e. The maximum absolute atomic E-state index is 9.59. The molecule has 4 nitrogen and oxygen atoms in total. The molecule has 0 atom stereocenters. The lowest BCUT2D eigenvalue weighted by Crippen LogP contribution is -2.29. The van der Waals surface area contributed by atoms with Crippen LogP contribution in [-0.4, -0.2) is 17.2 Å². The van der Waals surface area contributed by atoms with Crippen molar-refractivity contribution in [1.29, 1.82) is 0 Å². The number of hydrogen-bond donors (Lipinski definition) is 2. The van der Waals surface area contributed by atoms with Gasteiger partial charge in [0, 0.05) is 57.1 Å². The third-order valence-corrected chi connectivity index (χ3v) is 10.4. The summed E-state index contributed by atoms with van der Waals surface area (Å²) >= 11 is 10.1. The van der Waals surface area contributed by atoms with E-state index >= 15 is 0 Å². The van der Waals surface area contributed by atoms with Crippen LogP contribution in [-0.2, 0) is 0 Å². The molecule has 0 radical (unpaired) electrons. The Morgan fingerprint density at radius 3 is 1.14 bits per heavy atom. The largest absolute Gasteiger partial charge is 0.492 e. The zero-order valence-corrected chi connectivity index (χ0v) is 33.7. The van der Waals surface area contributed by atoms with Crippen LogP contribution in [0.3, 0.4) is 0 Å². The Labute approximate surface area is 363 Å². The second-order valence-corrected chi connectivity index (χ2v) is 15.0. The Hall–Kier alpha value is -5.22. The molecule has 0 aliphatic rings. The van der Waals surface area contributed by atoms with Crippen molar-refractivity contribution in [2.45, 2.75) is 0 Å².